The summed E-state index contributed by atoms with van der Waals surface area (Å²) in [5, 5.41) is 0. The third-order valence-corrected chi connectivity index (χ3v) is 4.65. The van der Waals surface area contributed by atoms with Crippen molar-refractivity contribution in [2.45, 2.75) is 39.2 Å². The van der Waals surface area contributed by atoms with Gasteiger partial charge in [0.05, 0.1) is 6.20 Å². The molecule has 2 aliphatic rings. The number of rotatable bonds is 2. The van der Waals surface area contributed by atoms with Gasteiger partial charge < -0.3 is 4.90 Å². The van der Waals surface area contributed by atoms with Gasteiger partial charge in [0.25, 0.3) is 0 Å². The van der Waals surface area contributed by atoms with Gasteiger partial charge in [0.15, 0.2) is 0 Å². The second-order valence-electron chi connectivity index (χ2n) is 6.65. The van der Waals surface area contributed by atoms with E-state index < -0.39 is 0 Å². The lowest BCUT2D eigenvalue weighted by Gasteiger charge is -2.38. The molecule has 1 saturated carbocycles. The van der Waals surface area contributed by atoms with Crippen LogP contribution in [0.2, 0.25) is 0 Å². The summed E-state index contributed by atoms with van der Waals surface area (Å²) in [5.74, 6) is 1.02. The molecule has 2 fully saturated rings. The molecule has 4 nitrogen and oxygen atoms in total. The van der Waals surface area contributed by atoms with E-state index in [1.807, 2.05) is 6.20 Å². The Morgan fingerprint density at radius 3 is 2.53 bits per heavy atom. The maximum Gasteiger partial charge on any atom is 0.147 e. The Hall–Kier alpha value is -1.16. The van der Waals surface area contributed by atoms with E-state index in [0.717, 1.165) is 38.0 Å². The molecule has 0 amide bonds. The Balaban J connectivity index is 1.56. The van der Waals surface area contributed by atoms with Crippen LogP contribution in [0.5, 0.6) is 0 Å². The number of hydrogen-bond acceptors (Lipinski definition) is 4. The van der Waals surface area contributed by atoms with Gasteiger partial charge >= 0.3 is 0 Å². The summed E-state index contributed by atoms with van der Waals surface area (Å²) in [6.07, 6.45) is 9.49. The third kappa shape index (κ3) is 2.89. The molecule has 0 spiro atoms. The second-order valence-corrected chi connectivity index (χ2v) is 6.65. The molecular formula is C15H24N4. The molecule has 0 aromatic carbocycles. The van der Waals surface area contributed by atoms with Gasteiger partial charge in [-0.15, -0.1) is 0 Å². The molecule has 1 aromatic heterocycles. The minimum absolute atomic E-state index is 0.548. The van der Waals surface area contributed by atoms with Gasteiger partial charge in [0.1, 0.15) is 5.82 Å². The zero-order chi connectivity index (χ0) is 13.3. The van der Waals surface area contributed by atoms with Gasteiger partial charge in [0.2, 0.25) is 0 Å². The van der Waals surface area contributed by atoms with Crippen LogP contribution in [0.25, 0.3) is 0 Å². The molecule has 2 heterocycles. The molecule has 1 atom stereocenters. The molecule has 104 valence electrons. The van der Waals surface area contributed by atoms with Crippen molar-refractivity contribution in [3.63, 3.8) is 0 Å². The molecular weight excluding hydrogens is 236 g/mol. The lowest BCUT2D eigenvalue weighted by molar-refractivity contribution is 0.176. The molecule has 0 radical (unpaired) electrons. The van der Waals surface area contributed by atoms with Crippen LogP contribution in [0.3, 0.4) is 0 Å². The van der Waals surface area contributed by atoms with Gasteiger partial charge in [-0.05, 0) is 24.7 Å². The molecule has 1 saturated heterocycles. The van der Waals surface area contributed by atoms with Crippen molar-refractivity contribution in [2.24, 2.45) is 5.41 Å². The van der Waals surface area contributed by atoms with E-state index in [0.29, 0.717) is 5.41 Å². The van der Waals surface area contributed by atoms with Crippen LogP contribution >= 0.6 is 0 Å². The van der Waals surface area contributed by atoms with Crippen LogP contribution in [-0.4, -0.2) is 47.1 Å². The van der Waals surface area contributed by atoms with Crippen molar-refractivity contribution in [1.29, 1.82) is 0 Å². The lowest BCUT2D eigenvalue weighted by Crippen LogP contribution is -2.50. The number of piperazine rings is 1. The van der Waals surface area contributed by atoms with E-state index in [-0.39, 0.29) is 0 Å². The third-order valence-electron chi connectivity index (χ3n) is 4.65. The Labute approximate surface area is 115 Å². The van der Waals surface area contributed by atoms with Crippen LogP contribution in [0, 0.1) is 5.41 Å². The van der Waals surface area contributed by atoms with Crippen molar-refractivity contribution >= 4 is 5.82 Å². The van der Waals surface area contributed by atoms with Crippen LogP contribution in [0.15, 0.2) is 18.6 Å². The molecule has 1 unspecified atom stereocenters. The van der Waals surface area contributed by atoms with Crippen molar-refractivity contribution < 1.29 is 0 Å². The fraction of sp³-hybridized carbons (Fsp3) is 0.733. The summed E-state index contributed by atoms with van der Waals surface area (Å²) >= 11 is 0. The zero-order valence-corrected chi connectivity index (χ0v) is 12.0. The first-order chi connectivity index (χ1) is 9.14. The maximum atomic E-state index is 4.39. The van der Waals surface area contributed by atoms with E-state index in [1.54, 1.807) is 12.4 Å². The van der Waals surface area contributed by atoms with Crippen molar-refractivity contribution in [3.05, 3.63) is 18.6 Å². The Morgan fingerprint density at radius 2 is 1.95 bits per heavy atom. The predicted octanol–water partition coefficient (Wildman–Crippen LogP) is 2.18. The number of hydrogen-bond donors (Lipinski definition) is 0. The number of nitrogens with zero attached hydrogens (tertiary/aromatic N) is 4. The summed E-state index contributed by atoms with van der Waals surface area (Å²) in [6.45, 7) is 9.30. The van der Waals surface area contributed by atoms with Gasteiger partial charge in [-0.1, -0.05) is 13.8 Å². The smallest absolute Gasteiger partial charge is 0.147 e. The highest BCUT2D eigenvalue weighted by atomic mass is 15.3. The fourth-order valence-electron chi connectivity index (χ4n) is 3.48. The zero-order valence-electron chi connectivity index (χ0n) is 12.0. The van der Waals surface area contributed by atoms with Gasteiger partial charge in [-0.25, -0.2) is 4.98 Å². The first kappa shape index (κ1) is 12.9. The SMILES string of the molecule is CC1(C)CCC(N2CCN(c3cnccn3)CC2)C1. The molecule has 0 N–H and O–H groups in total. The molecule has 1 aliphatic carbocycles. The van der Waals surface area contributed by atoms with Crippen molar-refractivity contribution in [2.75, 3.05) is 31.1 Å². The summed E-state index contributed by atoms with van der Waals surface area (Å²) < 4.78 is 0. The van der Waals surface area contributed by atoms with E-state index in [4.69, 9.17) is 0 Å². The summed E-state index contributed by atoms with van der Waals surface area (Å²) in [6, 6.07) is 0.805. The molecule has 4 heteroatoms. The summed E-state index contributed by atoms with van der Waals surface area (Å²) in [5.41, 5.74) is 0.548. The molecule has 0 bridgehead atoms. The van der Waals surface area contributed by atoms with Gasteiger partial charge in [-0.3, -0.25) is 9.88 Å². The Bertz CT molecular complexity index is 409. The quantitative estimate of drug-likeness (QED) is 0.816. The topological polar surface area (TPSA) is 32.3 Å². The van der Waals surface area contributed by atoms with E-state index in [9.17, 15) is 0 Å². The van der Waals surface area contributed by atoms with Crippen LogP contribution in [-0.2, 0) is 0 Å². The second kappa shape index (κ2) is 5.08. The minimum Gasteiger partial charge on any atom is -0.353 e. The lowest BCUT2D eigenvalue weighted by atomic mass is 9.91. The molecule has 3 rings (SSSR count). The average molecular weight is 260 g/mol. The first-order valence-corrected chi connectivity index (χ1v) is 7.39. The van der Waals surface area contributed by atoms with Crippen molar-refractivity contribution in [3.8, 4) is 0 Å². The number of aromatic nitrogens is 2. The normalized spacial score (nSPS) is 27.7. The Morgan fingerprint density at radius 1 is 1.16 bits per heavy atom. The molecule has 1 aromatic rings. The van der Waals surface area contributed by atoms with E-state index >= 15 is 0 Å². The molecule has 19 heavy (non-hydrogen) atoms. The van der Waals surface area contributed by atoms with Crippen LogP contribution < -0.4 is 4.90 Å². The van der Waals surface area contributed by atoms with E-state index in [2.05, 4.69) is 33.6 Å². The highest BCUT2D eigenvalue weighted by Crippen LogP contribution is 2.39. The highest BCUT2D eigenvalue weighted by molar-refractivity contribution is 5.35. The summed E-state index contributed by atoms with van der Waals surface area (Å²) in [4.78, 5) is 13.6. The van der Waals surface area contributed by atoms with Crippen LogP contribution in [0.4, 0.5) is 5.82 Å². The average Bonchev–Trinajstić information content (AvgIpc) is 2.80. The van der Waals surface area contributed by atoms with Gasteiger partial charge in [-0.2, -0.15) is 0 Å². The Kier molecular flexibility index (Phi) is 3.44. The van der Waals surface area contributed by atoms with Crippen molar-refractivity contribution in [1.82, 2.24) is 14.9 Å². The largest absolute Gasteiger partial charge is 0.353 e. The van der Waals surface area contributed by atoms with E-state index in [1.165, 1.54) is 19.3 Å². The number of anilines is 1. The fourth-order valence-corrected chi connectivity index (χ4v) is 3.48. The predicted molar refractivity (Wildman–Crippen MR) is 77.2 cm³/mol. The standard InChI is InChI=1S/C15H24N4/c1-15(2)4-3-13(11-15)18-7-9-19(10-8-18)14-12-16-5-6-17-14/h5-6,12-13H,3-4,7-11H2,1-2H3. The molecule has 1 aliphatic heterocycles. The van der Waals surface area contributed by atoms with Crippen LogP contribution in [0.1, 0.15) is 33.1 Å². The monoisotopic (exact) mass is 260 g/mol. The minimum atomic E-state index is 0.548. The highest BCUT2D eigenvalue weighted by Gasteiger charge is 2.35. The maximum absolute atomic E-state index is 4.39. The van der Waals surface area contributed by atoms with Gasteiger partial charge in [0, 0.05) is 44.6 Å². The first-order valence-electron chi connectivity index (χ1n) is 7.39. The summed E-state index contributed by atoms with van der Waals surface area (Å²) in [7, 11) is 0.